The number of halogens is 5. The third kappa shape index (κ3) is 11.0. The van der Waals surface area contributed by atoms with Gasteiger partial charge in [0.05, 0.1) is 5.54 Å². The molecule has 5 amide bonds. The Morgan fingerprint density at radius 2 is 1.29 bits per heavy atom. The maximum Gasteiger partial charge on any atom is 0.243 e. The van der Waals surface area contributed by atoms with Crippen molar-refractivity contribution in [3.05, 3.63) is 106 Å². The zero-order chi connectivity index (χ0) is 45.4. The number of H-pyrrole nitrogens is 1. The predicted molar refractivity (Wildman–Crippen MR) is 226 cm³/mol. The summed E-state index contributed by atoms with van der Waals surface area (Å²) in [6.07, 6.45) is 1.24. The monoisotopic (exact) mass is 897 g/mol. The van der Waals surface area contributed by atoms with Crippen LogP contribution in [0.4, 0.5) is 22.0 Å². The Morgan fingerprint density at radius 1 is 0.714 bits per heavy atom. The molecular weight excluding hydrogens is 850 g/mol. The molecule has 336 valence electrons. The number of nitrogens with two attached hydrogens (primary N) is 3. The van der Waals surface area contributed by atoms with Crippen LogP contribution in [-0.4, -0.2) is 83.9 Å². The van der Waals surface area contributed by atoms with Crippen LogP contribution in [0.1, 0.15) is 48.1 Å². The summed E-state index contributed by atoms with van der Waals surface area (Å²) in [5, 5.41) is 14.8. The Morgan fingerprint density at radius 3 is 1.92 bits per heavy atom. The zero-order valence-corrected chi connectivity index (χ0v) is 34.7. The number of para-hydroxylation sites is 1. The maximum absolute atomic E-state index is 15.1. The van der Waals surface area contributed by atoms with E-state index < -0.39 is 100 Å². The van der Waals surface area contributed by atoms with E-state index in [4.69, 9.17) is 17.2 Å². The molecule has 0 radical (unpaired) electrons. The fourth-order valence-electron chi connectivity index (χ4n) is 7.52. The quantitative estimate of drug-likeness (QED) is 0.0258. The number of primary amides is 1. The van der Waals surface area contributed by atoms with Crippen molar-refractivity contribution in [2.45, 2.75) is 81.1 Å². The Bertz CT molecular complexity index is 2430. The van der Waals surface area contributed by atoms with Gasteiger partial charge in [-0.2, -0.15) is 0 Å². The first-order valence-corrected chi connectivity index (χ1v) is 21.2. The molecule has 0 spiro atoms. The minimum atomic E-state index is -2.44. The molecule has 5 aromatic rings. The highest BCUT2D eigenvalue weighted by molar-refractivity contribution is 7.19. The van der Waals surface area contributed by atoms with Crippen molar-refractivity contribution in [1.82, 2.24) is 31.6 Å². The molecule has 3 aromatic carbocycles. The summed E-state index contributed by atoms with van der Waals surface area (Å²) < 4.78 is 74.1. The van der Waals surface area contributed by atoms with E-state index in [0.29, 0.717) is 47.3 Å². The number of aromatic amines is 1. The van der Waals surface area contributed by atoms with Gasteiger partial charge in [-0.3, -0.25) is 24.0 Å². The summed E-state index contributed by atoms with van der Waals surface area (Å²) in [6, 6.07) is 9.97. The minimum Gasteiger partial charge on any atom is -0.368 e. The number of carbonyl (C=O) groups is 5. The summed E-state index contributed by atoms with van der Waals surface area (Å²) in [7, 11) is 0. The van der Waals surface area contributed by atoms with E-state index in [2.05, 4.69) is 31.6 Å². The molecule has 1 aliphatic rings. The van der Waals surface area contributed by atoms with Crippen LogP contribution in [0.3, 0.4) is 0 Å². The smallest absolute Gasteiger partial charge is 0.243 e. The number of aromatic nitrogens is 1. The fraction of sp³-hybridized carbons (Fsp3) is 0.372. The third-order valence-electron chi connectivity index (χ3n) is 11.1. The largest absolute Gasteiger partial charge is 0.368 e. The first kappa shape index (κ1) is 46.5. The molecular formula is C43H48F5N9O5S. The molecule has 3 heterocycles. The van der Waals surface area contributed by atoms with E-state index in [1.807, 2.05) is 30.3 Å². The number of piperidine rings is 1. The van der Waals surface area contributed by atoms with Gasteiger partial charge in [0.1, 0.15) is 24.2 Å². The summed E-state index contributed by atoms with van der Waals surface area (Å²) in [6.45, 7) is 1.15. The summed E-state index contributed by atoms with van der Waals surface area (Å²) in [5.41, 5.74) is 16.0. The van der Waals surface area contributed by atoms with Crippen molar-refractivity contribution in [2.24, 2.45) is 17.2 Å². The molecule has 4 atom stereocenters. The highest BCUT2D eigenvalue weighted by Gasteiger charge is 2.39. The van der Waals surface area contributed by atoms with Crippen LogP contribution in [0.25, 0.3) is 21.0 Å². The van der Waals surface area contributed by atoms with Gasteiger partial charge in [-0.25, -0.2) is 22.0 Å². The van der Waals surface area contributed by atoms with Crippen LogP contribution in [0.5, 0.6) is 0 Å². The highest BCUT2D eigenvalue weighted by Crippen LogP contribution is 2.28. The number of unbranched alkanes of at least 4 members (excludes halogenated alkanes) is 1. The van der Waals surface area contributed by atoms with Gasteiger partial charge < -0.3 is 48.8 Å². The number of hydrogen-bond acceptors (Lipinski definition) is 9. The molecule has 12 N–H and O–H groups in total. The van der Waals surface area contributed by atoms with Crippen LogP contribution in [-0.2, 0) is 43.2 Å². The lowest BCUT2D eigenvalue weighted by Gasteiger charge is -2.34. The van der Waals surface area contributed by atoms with E-state index in [9.17, 15) is 37.1 Å². The van der Waals surface area contributed by atoms with Gasteiger partial charge in [-0.05, 0) is 80.9 Å². The Balaban J connectivity index is 1.36. The van der Waals surface area contributed by atoms with Crippen LogP contribution in [0.15, 0.2) is 60.8 Å². The summed E-state index contributed by atoms with van der Waals surface area (Å²) >= 11 is 1.39. The van der Waals surface area contributed by atoms with Crippen molar-refractivity contribution < 1.29 is 45.9 Å². The number of hydrogen-bond donors (Lipinski definition) is 9. The lowest BCUT2D eigenvalue weighted by atomic mass is 9.88. The average Bonchev–Trinajstić information content (AvgIpc) is 3.88. The second kappa shape index (κ2) is 20.5. The third-order valence-corrected chi connectivity index (χ3v) is 12.3. The number of amides is 5. The Labute approximate surface area is 362 Å². The average molecular weight is 898 g/mol. The van der Waals surface area contributed by atoms with Crippen molar-refractivity contribution in [3.8, 4) is 0 Å². The van der Waals surface area contributed by atoms with E-state index in [1.54, 1.807) is 30.5 Å². The molecule has 20 heteroatoms. The topological polar surface area (TPSA) is 239 Å². The number of carbonyl (C=O) groups excluding carboxylic acids is 5. The van der Waals surface area contributed by atoms with Crippen molar-refractivity contribution in [3.63, 3.8) is 0 Å². The van der Waals surface area contributed by atoms with Gasteiger partial charge in [0.15, 0.2) is 23.3 Å². The van der Waals surface area contributed by atoms with Crippen LogP contribution >= 0.6 is 11.3 Å². The van der Waals surface area contributed by atoms with E-state index in [0.717, 1.165) is 10.1 Å². The molecule has 1 saturated heterocycles. The van der Waals surface area contributed by atoms with Crippen molar-refractivity contribution in [1.29, 1.82) is 0 Å². The van der Waals surface area contributed by atoms with Crippen LogP contribution < -0.4 is 43.8 Å². The summed E-state index contributed by atoms with van der Waals surface area (Å²) in [5.74, 6) is -16.3. The Kier molecular flexibility index (Phi) is 15.1. The van der Waals surface area contributed by atoms with E-state index >= 15 is 8.78 Å². The lowest BCUT2D eigenvalue weighted by Crippen LogP contribution is -2.63. The second-order valence-corrected chi connectivity index (χ2v) is 16.7. The predicted octanol–water partition coefficient (Wildman–Crippen LogP) is 2.74. The molecule has 0 saturated carbocycles. The minimum absolute atomic E-state index is 0.0311. The van der Waals surface area contributed by atoms with Gasteiger partial charge in [0.25, 0.3) is 0 Å². The molecule has 1 fully saturated rings. The normalized spacial score (nSPS) is 15.6. The SMILES string of the molecule is NCCCC[C@H](NC(=O)[C@H](Cc1c(F)c(F)c(F)c(F)c1F)NC(=O)[C@@H](Cc1c[nH]c2ccccc12)NC(=O)[C@@H](Cc1cc2ccccc2s1)NC(=O)C1(N)CCNCC1)C(N)=O. The van der Waals surface area contributed by atoms with Gasteiger partial charge in [0.2, 0.25) is 35.4 Å². The molecule has 2 aromatic heterocycles. The molecule has 1 aliphatic heterocycles. The molecule has 63 heavy (non-hydrogen) atoms. The fourth-order valence-corrected chi connectivity index (χ4v) is 8.63. The molecule has 6 rings (SSSR count). The highest BCUT2D eigenvalue weighted by atomic mass is 32.1. The van der Waals surface area contributed by atoms with Gasteiger partial charge in [-0.1, -0.05) is 36.4 Å². The molecule has 14 nitrogen and oxygen atoms in total. The van der Waals surface area contributed by atoms with E-state index in [-0.39, 0.29) is 38.6 Å². The molecule has 0 bridgehead atoms. The molecule has 0 aliphatic carbocycles. The number of nitrogens with one attached hydrogen (secondary N) is 6. The van der Waals surface area contributed by atoms with Gasteiger partial charge >= 0.3 is 0 Å². The number of benzene rings is 3. The zero-order valence-electron chi connectivity index (χ0n) is 33.9. The van der Waals surface area contributed by atoms with Gasteiger partial charge in [0, 0.05) is 51.5 Å². The van der Waals surface area contributed by atoms with Crippen LogP contribution in [0, 0.1) is 29.1 Å². The maximum atomic E-state index is 15.1. The number of rotatable bonds is 19. The number of fused-ring (bicyclic) bond motifs is 2. The number of thiophene rings is 1. The summed E-state index contributed by atoms with van der Waals surface area (Å²) in [4.78, 5) is 72.9. The van der Waals surface area contributed by atoms with Crippen LogP contribution in [0.2, 0.25) is 0 Å². The second-order valence-electron chi connectivity index (χ2n) is 15.6. The van der Waals surface area contributed by atoms with Crippen molar-refractivity contribution >= 4 is 61.9 Å². The first-order valence-electron chi connectivity index (χ1n) is 20.3. The van der Waals surface area contributed by atoms with Crippen molar-refractivity contribution in [2.75, 3.05) is 19.6 Å². The van der Waals surface area contributed by atoms with Gasteiger partial charge in [-0.15, -0.1) is 11.3 Å². The first-order chi connectivity index (χ1) is 30.1. The molecule has 0 unspecified atom stereocenters. The Hall–Kier alpha value is -5.96. The standard InChI is InChI=1S/C43H48F5N9O5S/c44-33-26(34(45)36(47)37(48)35(33)46)20-31(41(61)54-28(38(50)58)10-5-6-14-49)56-39(59)29(18-23-21-53-27-9-3-2-8-25(23)27)55-40(60)30(57-42(62)43(51)12-15-52-16-13-43)19-24-17-22-7-1-4-11-32(22)63-24/h1-4,7-9,11,17,21,28-31,52-53H,5-6,10,12-16,18-20,49,51H2,(H2,50,58)(H,54,61)(H,55,60)(H,56,59)(H,57,62)/t28-,29+,30+,31-/m0/s1. The lowest BCUT2D eigenvalue weighted by molar-refractivity contribution is -0.135. The van der Waals surface area contributed by atoms with E-state index in [1.165, 1.54) is 11.3 Å².